The number of nitrogens with zero attached hydrogens (tertiary/aromatic N) is 1. The summed E-state index contributed by atoms with van der Waals surface area (Å²) in [6, 6.07) is -0.447. The number of allylic oxidation sites excluding steroid dienone is 1. The Morgan fingerprint density at radius 3 is 2.36 bits per heavy atom. The minimum atomic E-state index is -1.36. The highest BCUT2D eigenvalue weighted by molar-refractivity contribution is 8.00. The minimum Gasteiger partial charge on any atom is -0.598 e. The lowest BCUT2D eigenvalue weighted by molar-refractivity contribution is -0.203. The number of carbonyl (C=O) groups is 1. The number of hydrogen-bond donors (Lipinski definition) is 5. The Balaban J connectivity index is 0.00000122. The molecule has 0 amide bonds. The Bertz CT molecular complexity index is 618. The largest absolute Gasteiger partial charge is 0.598 e. The van der Waals surface area contributed by atoms with E-state index in [1.54, 1.807) is 0 Å². The van der Waals surface area contributed by atoms with Crippen molar-refractivity contribution in [2.75, 3.05) is 32.8 Å². The molecule has 3 rings (SSSR count). The van der Waals surface area contributed by atoms with E-state index in [0.717, 1.165) is 39.3 Å². The molecule has 5 N–H and O–H groups in total. The van der Waals surface area contributed by atoms with Crippen molar-refractivity contribution in [3.05, 3.63) is 12.2 Å². The van der Waals surface area contributed by atoms with E-state index in [2.05, 4.69) is 15.7 Å². The Labute approximate surface area is 203 Å². The predicted octanol–water partition coefficient (Wildman–Crippen LogP) is -0.301. The van der Waals surface area contributed by atoms with Gasteiger partial charge >= 0.3 is 0 Å². The van der Waals surface area contributed by atoms with Gasteiger partial charge in [0.05, 0.1) is 19.3 Å². The summed E-state index contributed by atoms with van der Waals surface area (Å²) in [6.07, 6.45) is 0.893. The standard InChI is InChI=1S/C20H36N2O6S2.CH2O2/c1-20(2,3)30(26)21-14-7-5-4-6-13(12-22-8-10-27-11-9-22)29-19-17(25)15(23)16(24)18(14)28-19;2-1-3/h4-5,13-19,21,23-25H,6-12H2,1-3H3;1H,(H,2,3)/t13-,14+,15-,16+,17+,18+,19+,30+;/m0./s1. The van der Waals surface area contributed by atoms with E-state index >= 15 is 0 Å². The third-order valence-corrected chi connectivity index (χ3v) is 8.68. The van der Waals surface area contributed by atoms with Gasteiger partial charge in [0.25, 0.3) is 6.47 Å². The van der Waals surface area contributed by atoms with Crippen LogP contribution in [-0.2, 0) is 25.6 Å². The fraction of sp³-hybridized carbons (Fsp3) is 0.857. The van der Waals surface area contributed by atoms with Crippen LogP contribution >= 0.6 is 11.8 Å². The molecule has 0 aromatic carbocycles. The first-order valence-electron chi connectivity index (χ1n) is 11.1. The zero-order valence-corrected chi connectivity index (χ0v) is 21.0. The molecular formula is C21H38N2O8S2. The molecule has 2 bridgehead atoms. The van der Waals surface area contributed by atoms with Crippen molar-refractivity contribution in [1.82, 2.24) is 9.62 Å². The predicted molar refractivity (Wildman–Crippen MR) is 127 cm³/mol. The van der Waals surface area contributed by atoms with Gasteiger partial charge < -0.3 is 34.5 Å². The van der Waals surface area contributed by atoms with E-state index in [9.17, 15) is 19.9 Å². The second-order valence-electron chi connectivity index (χ2n) is 9.27. The average Bonchev–Trinajstić information content (AvgIpc) is 2.76. The molecule has 2 fully saturated rings. The summed E-state index contributed by atoms with van der Waals surface area (Å²) < 4.78 is 26.8. The molecule has 192 valence electrons. The number of hydrogen-bond acceptors (Lipinski definition) is 10. The Hall–Kier alpha value is -0.410. The summed E-state index contributed by atoms with van der Waals surface area (Å²) >= 11 is 0.137. The van der Waals surface area contributed by atoms with Gasteiger partial charge in [-0.3, -0.25) is 9.69 Å². The molecule has 0 aromatic heterocycles. The lowest BCUT2D eigenvalue weighted by Gasteiger charge is -2.45. The Kier molecular flexibility index (Phi) is 11.9. The summed E-state index contributed by atoms with van der Waals surface area (Å²) in [5.41, 5.74) is -0.668. The van der Waals surface area contributed by atoms with Crippen molar-refractivity contribution in [2.45, 2.75) is 79.5 Å². The van der Waals surface area contributed by atoms with Gasteiger partial charge in [0.15, 0.2) is 0 Å². The summed E-state index contributed by atoms with van der Waals surface area (Å²) in [4.78, 5) is 10.7. The normalized spacial score (nSPS) is 36.9. The molecule has 3 heterocycles. The molecule has 3 aliphatic rings. The zero-order valence-electron chi connectivity index (χ0n) is 19.4. The molecule has 12 heteroatoms. The first kappa shape index (κ1) is 28.8. The van der Waals surface area contributed by atoms with E-state index in [1.165, 1.54) is 11.8 Å². The summed E-state index contributed by atoms with van der Waals surface area (Å²) in [6.45, 7) is 9.41. The van der Waals surface area contributed by atoms with Crippen LogP contribution in [0.2, 0.25) is 0 Å². The fourth-order valence-corrected chi connectivity index (χ4v) is 6.08. The van der Waals surface area contributed by atoms with Gasteiger partial charge in [-0.2, -0.15) is 0 Å². The minimum absolute atomic E-state index is 0.176. The summed E-state index contributed by atoms with van der Waals surface area (Å²) in [5.74, 6) is 0. The van der Waals surface area contributed by atoms with Crippen molar-refractivity contribution in [1.29, 1.82) is 0 Å². The molecular weight excluding hydrogens is 472 g/mol. The molecule has 0 saturated carbocycles. The lowest BCUT2D eigenvalue weighted by Crippen LogP contribution is -2.63. The van der Waals surface area contributed by atoms with Crippen molar-refractivity contribution >= 4 is 29.6 Å². The topological polar surface area (TPSA) is 155 Å². The van der Waals surface area contributed by atoms with Crippen molar-refractivity contribution in [3.8, 4) is 0 Å². The molecule has 0 spiro atoms. The van der Waals surface area contributed by atoms with Crippen LogP contribution in [0.5, 0.6) is 0 Å². The molecule has 0 aliphatic carbocycles. The van der Waals surface area contributed by atoms with Crippen LogP contribution in [0.3, 0.4) is 0 Å². The van der Waals surface area contributed by atoms with Gasteiger partial charge in [0.2, 0.25) is 0 Å². The number of aliphatic hydroxyl groups is 3. The number of nitrogens with one attached hydrogen (secondary N) is 1. The maximum Gasteiger partial charge on any atom is 0.290 e. The monoisotopic (exact) mass is 510 g/mol. The molecule has 0 unspecified atom stereocenters. The van der Waals surface area contributed by atoms with Gasteiger partial charge in [0.1, 0.15) is 34.6 Å². The van der Waals surface area contributed by atoms with Gasteiger partial charge in [-0.05, 0) is 33.6 Å². The number of morpholine rings is 1. The number of ether oxygens (including phenoxy) is 2. The van der Waals surface area contributed by atoms with E-state index in [1.807, 2.05) is 26.8 Å². The van der Waals surface area contributed by atoms with Crippen LogP contribution in [0.4, 0.5) is 0 Å². The highest BCUT2D eigenvalue weighted by atomic mass is 32.2. The molecule has 33 heavy (non-hydrogen) atoms. The van der Waals surface area contributed by atoms with Gasteiger partial charge in [-0.25, -0.2) is 0 Å². The molecule has 0 radical (unpaired) electrons. The number of aliphatic hydroxyl groups excluding tert-OH is 3. The van der Waals surface area contributed by atoms with Crippen LogP contribution in [0.15, 0.2) is 12.2 Å². The second kappa shape index (κ2) is 13.6. The first-order chi connectivity index (χ1) is 15.6. The van der Waals surface area contributed by atoms with E-state index in [0.29, 0.717) is 6.42 Å². The van der Waals surface area contributed by atoms with Crippen LogP contribution in [0.1, 0.15) is 33.6 Å². The second-order valence-corrected chi connectivity index (χ2v) is 12.7. The molecule has 10 nitrogen and oxygen atoms in total. The molecule has 3 aliphatic heterocycles. The van der Waals surface area contributed by atoms with Gasteiger partial charge in [0, 0.05) is 36.2 Å². The van der Waals surface area contributed by atoms with E-state index in [-0.39, 0.29) is 11.7 Å². The van der Waals surface area contributed by atoms with Crippen LogP contribution < -0.4 is 4.72 Å². The Morgan fingerprint density at radius 2 is 1.76 bits per heavy atom. The smallest absolute Gasteiger partial charge is 0.290 e. The highest BCUT2D eigenvalue weighted by Crippen LogP contribution is 2.35. The van der Waals surface area contributed by atoms with Gasteiger partial charge in [-0.15, -0.1) is 16.5 Å². The highest BCUT2D eigenvalue weighted by Gasteiger charge is 2.48. The number of carboxylic acid groups (broad SMARTS) is 1. The third-order valence-electron chi connectivity index (χ3n) is 5.67. The Morgan fingerprint density at radius 1 is 1.15 bits per heavy atom. The third kappa shape index (κ3) is 8.64. The lowest BCUT2D eigenvalue weighted by atomic mass is 9.93. The maximum atomic E-state index is 12.7. The summed E-state index contributed by atoms with van der Waals surface area (Å²) in [5, 5.41) is 38.8. The van der Waals surface area contributed by atoms with Crippen molar-refractivity contribution in [2.24, 2.45) is 0 Å². The summed E-state index contributed by atoms with van der Waals surface area (Å²) in [7, 11) is 0. The zero-order chi connectivity index (χ0) is 24.6. The van der Waals surface area contributed by atoms with Crippen molar-refractivity contribution < 1.29 is 39.2 Å². The van der Waals surface area contributed by atoms with Crippen molar-refractivity contribution in [3.63, 3.8) is 0 Å². The average molecular weight is 511 g/mol. The molecule has 0 aromatic rings. The molecule has 2 saturated heterocycles. The number of thioether (sulfide) groups is 1. The van der Waals surface area contributed by atoms with Crippen LogP contribution in [-0.4, -0.2) is 115 Å². The fourth-order valence-electron chi connectivity index (χ4n) is 3.81. The first-order valence-corrected chi connectivity index (χ1v) is 13.2. The number of fused-ring (bicyclic) bond motifs is 2. The quantitative estimate of drug-likeness (QED) is 0.192. The molecule has 8 atom stereocenters. The number of rotatable bonds is 4. The van der Waals surface area contributed by atoms with Crippen LogP contribution in [0.25, 0.3) is 0 Å². The van der Waals surface area contributed by atoms with E-state index < -0.39 is 52.0 Å². The SMILES string of the molecule is CC(C)(C)[S@@+]([O-])N[C@@H]1CC=CC[C@@H](CN2CCOCC2)S[C@H]2O[C@H]1[C@H](O)[C@H](O)[C@H]2O.O=CO. The van der Waals surface area contributed by atoms with Gasteiger partial charge in [-0.1, -0.05) is 12.2 Å². The maximum absolute atomic E-state index is 12.7. The van der Waals surface area contributed by atoms with E-state index in [4.69, 9.17) is 19.4 Å². The van der Waals surface area contributed by atoms with Crippen LogP contribution in [0, 0.1) is 0 Å².